The zero-order valence-electron chi connectivity index (χ0n) is 13.9. The van der Waals surface area contributed by atoms with Crippen LogP contribution >= 0.6 is 11.6 Å². The maximum absolute atomic E-state index is 12.3. The van der Waals surface area contributed by atoms with Crippen LogP contribution in [0.5, 0.6) is 0 Å². The maximum atomic E-state index is 12.3. The van der Waals surface area contributed by atoms with Crippen molar-refractivity contribution < 1.29 is 4.79 Å². The van der Waals surface area contributed by atoms with Gasteiger partial charge in [-0.3, -0.25) is 4.79 Å². The minimum atomic E-state index is -0.228. The molecule has 1 aromatic heterocycles. The lowest BCUT2D eigenvalue weighted by Gasteiger charge is -2.12. The Bertz CT molecular complexity index is 847. The molecule has 0 spiro atoms. The fraction of sp³-hybridized carbons (Fsp3) is 0.211. The molecule has 1 heterocycles. The molecule has 1 N–H and O–H groups in total. The first-order chi connectivity index (χ1) is 12.1. The summed E-state index contributed by atoms with van der Waals surface area (Å²) in [5, 5.41) is 11.5. The van der Waals surface area contributed by atoms with E-state index >= 15 is 0 Å². The van der Waals surface area contributed by atoms with Crippen LogP contribution in [-0.4, -0.2) is 26.9 Å². The molecule has 0 radical (unpaired) electrons. The zero-order valence-corrected chi connectivity index (χ0v) is 14.6. The molecule has 0 fully saturated rings. The normalized spacial score (nSPS) is 11.9. The van der Waals surface area contributed by atoms with Gasteiger partial charge in [0.25, 0.3) is 5.91 Å². The SMILES string of the molecule is C[C@@H](CCc1ccccc1)NC(=O)c1cn(-c2cccc(Cl)c2)nn1. The summed E-state index contributed by atoms with van der Waals surface area (Å²) in [6, 6.07) is 17.5. The predicted molar refractivity (Wildman–Crippen MR) is 98.1 cm³/mol. The highest BCUT2D eigenvalue weighted by atomic mass is 35.5. The van der Waals surface area contributed by atoms with Crippen molar-refractivity contribution in [1.82, 2.24) is 20.3 Å². The van der Waals surface area contributed by atoms with E-state index in [1.54, 1.807) is 18.3 Å². The number of benzene rings is 2. The number of halogens is 1. The Balaban J connectivity index is 1.58. The van der Waals surface area contributed by atoms with Crippen molar-refractivity contribution >= 4 is 17.5 Å². The monoisotopic (exact) mass is 354 g/mol. The van der Waals surface area contributed by atoms with Crippen LogP contribution in [0.25, 0.3) is 5.69 Å². The number of nitrogens with one attached hydrogen (secondary N) is 1. The third-order valence-corrected chi connectivity index (χ3v) is 4.12. The smallest absolute Gasteiger partial charge is 0.273 e. The highest BCUT2D eigenvalue weighted by molar-refractivity contribution is 6.30. The molecule has 6 heteroatoms. The average molecular weight is 355 g/mol. The Kier molecular flexibility index (Phi) is 5.46. The van der Waals surface area contributed by atoms with Gasteiger partial charge >= 0.3 is 0 Å². The van der Waals surface area contributed by atoms with E-state index in [2.05, 4.69) is 27.8 Å². The van der Waals surface area contributed by atoms with Crippen molar-refractivity contribution in [1.29, 1.82) is 0 Å². The van der Waals surface area contributed by atoms with Gasteiger partial charge in [-0.1, -0.05) is 53.2 Å². The van der Waals surface area contributed by atoms with Crippen molar-refractivity contribution in [2.45, 2.75) is 25.8 Å². The second-order valence-corrected chi connectivity index (χ2v) is 6.36. The molecule has 0 saturated heterocycles. The number of hydrogen-bond acceptors (Lipinski definition) is 3. The lowest BCUT2D eigenvalue weighted by atomic mass is 10.1. The Morgan fingerprint density at radius 2 is 2.00 bits per heavy atom. The van der Waals surface area contributed by atoms with Crippen LogP contribution in [0.3, 0.4) is 0 Å². The Morgan fingerprint density at radius 3 is 2.76 bits per heavy atom. The fourth-order valence-electron chi connectivity index (χ4n) is 2.51. The molecule has 128 valence electrons. The number of nitrogens with zero attached hydrogens (tertiary/aromatic N) is 3. The van der Waals surface area contributed by atoms with Crippen LogP contribution in [0, 0.1) is 0 Å². The summed E-state index contributed by atoms with van der Waals surface area (Å²) < 4.78 is 1.54. The molecule has 2 aromatic carbocycles. The van der Waals surface area contributed by atoms with E-state index in [0.29, 0.717) is 5.02 Å². The van der Waals surface area contributed by atoms with E-state index in [1.165, 1.54) is 10.2 Å². The number of aryl methyl sites for hydroxylation is 1. The van der Waals surface area contributed by atoms with Gasteiger partial charge in [0.05, 0.1) is 11.9 Å². The van der Waals surface area contributed by atoms with E-state index in [1.807, 2.05) is 37.3 Å². The summed E-state index contributed by atoms with van der Waals surface area (Å²) in [7, 11) is 0. The molecule has 1 atom stereocenters. The van der Waals surface area contributed by atoms with Crippen molar-refractivity contribution in [3.05, 3.63) is 77.1 Å². The minimum absolute atomic E-state index is 0.0454. The molecular weight excluding hydrogens is 336 g/mol. The van der Waals surface area contributed by atoms with Crippen LogP contribution in [0.2, 0.25) is 5.02 Å². The number of aromatic nitrogens is 3. The summed E-state index contributed by atoms with van der Waals surface area (Å²) in [6.07, 6.45) is 3.38. The van der Waals surface area contributed by atoms with Gasteiger partial charge in [-0.2, -0.15) is 0 Å². The van der Waals surface area contributed by atoms with E-state index in [-0.39, 0.29) is 17.6 Å². The number of carbonyl (C=O) groups excluding carboxylic acids is 1. The van der Waals surface area contributed by atoms with Crippen molar-refractivity contribution in [2.75, 3.05) is 0 Å². The first-order valence-electron chi connectivity index (χ1n) is 8.15. The number of carbonyl (C=O) groups is 1. The van der Waals surface area contributed by atoms with Gasteiger partial charge < -0.3 is 5.32 Å². The molecule has 3 aromatic rings. The second-order valence-electron chi connectivity index (χ2n) is 5.93. The third kappa shape index (κ3) is 4.67. The van der Waals surface area contributed by atoms with Crippen molar-refractivity contribution in [3.63, 3.8) is 0 Å². The topological polar surface area (TPSA) is 59.8 Å². The van der Waals surface area contributed by atoms with Crippen LogP contribution < -0.4 is 5.32 Å². The summed E-state index contributed by atoms with van der Waals surface area (Å²) >= 11 is 5.98. The largest absolute Gasteiger partial charge is 0.348 e. The standard InChI is InChI=1S/C19H19ClN4O/c1-14(10-11-15-6-3-2-4-7-15)21-19(25)18-13-24(23-22-18)17-9-5-8-16(20)12-17/h2-9,12-14H,10-11H2,1H3,(H,21,25)/t14-/m0/s1. The summed E-state index contributed by atoms with van der Waals surface area (Å²) in [6.45, 7) is 1.99. The van der Waals surface area contributed by atoms with Crippen LogP contribution in [-0.2, 0) is 6.42 Å². The third-order valence-electron chi connectivity index (χ3n) is 3.89. The molecule has 3 rings (SSSR count). The number of rotatable bonds is 6. The predicted octanol–water partition coefficient (Wildman–Crippen LogP) is 3.67. The van der Waals surface area contributed by atoms with Crippen LogP contribution in [0.15, 0.2) is 60.8 Å². The summed E-state index contributed by atoms with van der Waals surface area (Å²) in [5.41, 5.74) is 2.30. The fourth-order valence-corrected chi connectivity index (χ4v) is 2.69. The first-order valence-corrected chi connectivity index (χ1v) is 8.53. The van der Waals surface area contributed by atoms with E-state index in [4.69, 9.17) is 11.6 Å². The van der Waals surface area contributed by atoms with Gasteiger partial charge in [0, 0.05) is 11.1 Å². The van der Waals surface area contributed by atoms with Crippen molar-refractivity contribution in [3.8, 4) is 5.69 Å². The van der Waals surface area contributed by atoms with E-state index in [9.17, 15) is 4.79 Å². The summed E-state index contributed by atoms with van der Waals surface area (Å²) in [4.78, 5) is 12.3. The lowest BCUT2D eigenvalue weighted by Crippen LogP contribution is -2.33. The van der Waals surface area contributed by atoms with E-state index < -0.39 is 0 Å². The van der Waals surface area contributed by atoms with Gasteiger partial charge in [-0.05, 0) is 43.5 Å². The molecular formula is C19H19ClN4O. The quantitative estimate of drug-likeness (QED) is 0.734. The maximum Gasteiger partial charge on any atom is 0.273 e. The van der Waals surface area contributed by atoms with Crippen LogP contribution in [0.1, 0.15) is 29.4 Å². The Morgan fingerprint density at radius 1 is 1.20 bits per heavy atom. The molecule has 0 aliphatic heterocycles. The highest BCUT2D eigenvalue weighted by Crippen LogP contribution is 2.14. The van der Waals surface area contributed by atoms with Crippen LogP contribution in [0.4, 0.5) is 0 Å². The van der Waals surface area contributed by atoms with E-state index in [0.717, 1.165) is 18.5 Å². The zero-order chi connectivity index (χ0) is 17.6. The minimum Gasteiger partial charge on any atom is -0.348 e. The first kappa shape index (κ1) is 17.2. The molecule has 0 bridgehead atoms. The molecule has 0 aliphatic rings. The van der Waals surface area contributed by atoms with Gasteiger partial charge in [-0.25, -0.2) is 4.68 Å². The Hall–Kier alpha value is -2.66. The van der Waals surface area contributed by atoms with Gasteiger partial charge in [0.2, 0.25) is 0 Å². The molecule has 5 nitrogen and oxygen atoms in total. The number of hydrogen-bond donors (Lipinski definition) is 1. The van der Waals surface area contributed by atoms with Gasteiger partial charge in [0.15, 0.2) is 5.69 Å². The van der Waals surface area contributed by atoms with Crippen molar-refractivity contribution in [2.24, 2.45) is 0 Å². The second kappa shape index (κ2) is 7.94. The van der Waals surface area contributed by atoms with Gasteiger partial charge in [-0.15, -0.1) is 5.10 Å². The molecule has 0 unspecified atom stereocenters. The highest BCUT2D eigenvalue weighted by Gasteiger charge is 2.14. The molecule has 25 heavy (non-hydrogen) atoms. The van der Waals surface area contributed by atoms with Gasteiger partial charge in [0.1, 0.15) is 0 Å². The molecule has 0 aliphatic carbocycles. The lowest BCUT2D eigenvalue weighted by molar-refractivity contribution is 0.0933. The molecule has 0 saturated carbocycles. The Labute approximate surface area is 151 Å². The average Bonchev–Trinajstić information content (AvgIpc) is 3.11. The number of amides is 1. The summed E-state index contributed by atoms with van der Waals surface area (Å²) in [5.74, 6) is -0.228. The molecule has 1 amide bonds.